The van der Waals surface area contributed by atoms with Crippen LogP contribution in [0.1, 0.15) is 31.9 Å². The van der Waals surface area contributed by atoms with Crippen LogP contribution in [0.25, 0.3) is 0 Å². The number of nitrogens with zero attached hydrogens (tertiary/aromatic N) is 1. The van der Waals surface area contributed by atoms with E-state index in [1.807, 2.05) is 62.4 Å². The number of hydrogen-bond donors (Lipinski definition) is 1. The first kappa shape index (κ1) is 25.3. The van der Waals surface area contributed by atoms with Gasteiger partial charge in [-0.3, -0.25) is 9.59 Å². The number of ether oxygens (including phenoxy) is 1. The Labute approximate surface area is 198 Å². The molecule has 31 heavy (non-hydrogen) atoms. The van der Waals surface area contributed by atoms with Gasteiger partial charge in [0.05, 0.1) is 12.9 Å². The number of rotatable bonds is 11. The lowest BCUT2D eigenvalue weighted by atomic mass is 10.1. The molecule has 2 amide bonds. The summed E-state index contributed by atoms with van der Waals surface area (Å²) in [5.74, 6) is 1.98. The molecule has 0 bridgehead atoms. The van der Waals surface area contributed by atoms with Crippen LogP contribution in [0.2, 0.25) is 0 Å². The third-order valence-electron chi connectivity index (χ3n) is 4.77. The lowest BCUT2D eigenvalue weighted by molar-refractivity contribution is -0.138. The minimum Gasteiger partial charge on any atom is -0.497 e. The van der Waals surface area contributed by atoms with Crippen LogP contribution in [-0.4, -0.2) is 42.2 Å². The van der Waals surface area contributed by atoms with Crippen molar-refractivity contribution in [3.05, 3.63) is 64.1 Å². The van der Waals surface area contributed by atoms with Gasteiger partial charge in [0.2, 0.25) is 11.8 Å². The Hall–Kier alpha value is -1.99. The average Bonchev–Trinajstić information content (AvgIpc) is 2.77. The van der Waals surface area contributed by atoms with E-state index in [0.29, 0.717) is 24.8 Å². The van der Waals surface area contributed by atoms with Gasteiger partial charge in [-0.15, -0.1) is 11.8 Å². The molecule has 0 heterocycles. The number of hydrogen-bond acceptors (Lipinski definition) is 4. The average molecular weight is 507 g/mol. The van der Waals surface area contributed by atoms with Gasteiger partial charge >= 0.3 is 0 Å². The summed E-state index contributed by atoms with van der Waals surface area (Å²) in [6, 6.07) is 15.1. The molecule has 5 nitrogen and oxygen atoms in total. The number of amides is 2. The van der Waals surface area contributed by atoms with Crippen LogP contribution in [0.4, 0.5) is 0 Å². The van der Waals surface area contributed by atoms with Gasteiger partial charge in [-0.2, -0.15) is 0 Å². The van der Waals surface area contributed by atoms with Gasteiger partial charge in [0.15, 0.2) is 0 Å². The van der Waals surface area contributed by atoms with Crippen LogP contribution in [0.5, 0.6) is 5.75 Å². The Morgan fingerprint density at radius 1 is 1.03 bits per heavy atom. The van der Waals surface area contributed by atoms with Crippen molar-refractivity contribution in [1.82, 2.24) is 10.2 Å². The van der Waals surface area contributed by atoms with E-state index in [0.717, 1.165) is 27.1 Å². The number of methoxy groups -OCH3 is 1. The largest absolute Gasteiger partial charge is 0.497 e. The zero-order chi connectivity index (χ0) is 22.8. The topological polar surface area (TPSA) is 58.6 Å². The van der Waals surface area contributed by atoms with Crippen LogP contribution in [0.15, 0.2) is 53.0 Å². The molecule has 0 aliphatic heterocycles. The summed E-state index contributed by atoms with van der Waals surface area (Å²) < 4.78 is 6.24. The Morgan fingerprint density at radius 2 is 1.65 bits per heavy atom. The van der Waals surface area contributed by atoms with E-state index in [1.165, 1.54) is 0 Å². The molecule has 0 aliphatic carbocycles. The number of nitrogens with one attached hydrogen (secondary N) is 1. The van der Waals surface area contributed by atoms with E-state index in [-0.39, 0.29) is 11.8 Å². The molecular weight excluding hydrogens is 476 g/mol. The molecular formula is C24H31BrN2O3S. The van der Waals surface area contributed by atoms with E-state index in [1.54, 1.807) is 30.7 Å². The minimum absolute atomic E-state index is 0.0508. The highest BCUT2D eigenvalue weighted by Crippen LogP contribution is 2.19. The van der Waals surface area contributed by atoms with Gasteiger partial charge in [-0.05, 0) is 48.2 Å². The molecule has 0 radical (unpaired) electrons. The molecule has 0 saturated carbocycles. The molecule has 7 heteroatoms. The summed E-state index contributed by atoms with van der Waals surface area (Å²) in [6.07, 6.45) is 0. The molecule has 168 valence electrons. The van der Waals surface area contributed by atoms with Crippen LogP contribution in [0.3, 0.4) is 0 Å². The van der Waals surface area contributed by atoms with Gasteiger partial charge < -0.3 is 15.0 Å². The van der Waals surface area contributed by atoms with Crippen molar-refractivity contribution in [3.8, 4) is 5.75 Å². The number of thioether (sulfide) groups is 1. The third-order valence-corrected chi connectivity index (χ3v) is 6.29. The Bertz CT molecular complexity index is 841. The SMILES string of the molecule is COc1ccc(CN(C(=O)CSCc2ccc(Br)cc2)[C@@H](C)C(=O)NCC(C)C)cc1. The van der Waals surface area contributed by atoms with Crippen molar-refractivity contribution in [2.75, 3.05) is 19.4 Å². The first-order valence-electron chi connectivity index (χ1n) is 10.3. The van der Waals surface area contributed by atoms with Crippen LogP contribution in [0, 0.1) is 5.92 Å². The summed E-state index contributed by atoms with van der Waals surface area (Å²) in [5, 5.41) is 2.94. The van der Waals surface area contributed by atoms with Gasteiger partial charge in [0.25, 0.3) is 0 Å². The van der Waals surface area contributed by atoms with E-state index in [4.69, 9.17) is 4.74 Å². The number of benzene rings is 2. The second-order valence-electron chi connectivity index (χ2n) is 7.80. The second kappa shape index (κ2) is 12.8. The van der Waals surface area contributed by atoms with Crippen molar-refractivity contribution in [2.45, 2.75) is 39.1 Å². The predicted molar refractivity (Wildman–Crippen MR) is 131 cm³/mol. The van der Waals surface area contributed by atoms with Crippen molar-refractivity contribution in [1.29, 1.82) is 0 Å². The normalized spacial score (nSPS) is 11.8. The maximum atomic E-state index is 13.1. The quantitative estimate of drug-likeness (QED) is 0.471. The minimum atomic E-state index is -0.554. The predicted octanol–water partition coefficient (Wildman–Crippen LogP) is 4.88. The van der Waals surface area contributed by atoms with E-state index < -0.39 is 6.04 Å². The van der Waals surface area contributed by atoms with Crippen molar-refractivity contribution in [3.63, 3.8) is 0 Å². The number of halogens is 1. The highest BCUT2D eigenvalue weighted by atomic mass is 79.9. The Kier molecular flexibility index (Phi) is 10.4. The maximum Gasteiger partial charge on any atom is 0.242 e. The summed E-state index contributed by atoms with van der Waals surface area (Å²) in [4.78, 5) is 27.4. The zero-order valence-electron chi connectivity index (χ0n) is 18.6. The number of carbonyl (C=O) groups is 2. The Balaban J connectivity index is 2.05. The lowest BCUT2D eigenvalue weighted by Crippen LogP contribution is -2.48. The molecule has 0 aliphatic rings. The second-order valence-corrected chi connectivity index (χ2v) is 9.71. The van der Waals surface area contributed by atoms with Crippen molar-refractivity contribution < 1.29 is 14.3 Å². The lowest BCUT2D eigenvalue weighted by Gasteiger charge is -2.29. The highest BCUT2D eigenvalue weighted by molar-refractivity contribution is 9.10. The molecule has 2 aromatic carbocycles. The fraction of sp³-hybridized carbons (Fsp3) is 0.417. The molecule has 0 saturated heterocycles. The van der Waals surface area contributed by atoms with Crippen molar-refractivity contribution >= 4 is 39.5 Å². The summed E-state index contributed by atoms with van der Waals surface area (Å²) in [5.41, 5.74) is 2.11. The zero-order valence-corrected chi connectivity index (χ0v) is 21.0. The van der Waals surface area contributed by atoms with Gasteiger partial charge in [0, 0.05) is 23.3 Å². The molecule has 1 N–H and O–H groups in total. The van der Waals surface area contributed by atoms with Crippen LogP contribution < -0.4 is 10.1 Å². The van der Waals surface area contributed by atoms with Gasteiger partial charge in [0.1, 0.15) is 11.8 Å². The summed E-state index contributed by atoms with van der Waals surface area (Å²) >= 11 is 4.99. The van der Waals surface area contributed by atoms with Gasteiger partial charge in [-0.1, -0.05) is 54.0 Å². The molecule has 2 rings (SSSR count). The Morgan fingerprint density at radius 3 is 2.23 bits per heavy atom. The van der Waals surface area contributed by atoms with Crippen LogP contribution in [-0.2, 0) is 21.9 Å². The van der Waals surface area contributed by atoms with Gasteiger partial charge in [-0.25, -0.2) is 0 Å². The molecule has 0 fully saturated rings. The number of carbonyl (C=O) groups excluding carboxylic acids is 2. The monoisotopic (exact) mass is 506 g/mol. The van der Waals surface area contributed by atoms with Crippen LogP contribution >= 0.6 is 27.7 Å². The fourth-order valence-electron chi connectivity index (χ4n) is 2.88. The molecule has 2 aromatic rings. The van der Waals surface area contributed by atoms with E-state index in [9.17, 15) is 9.59 Å². The maximum absolute atomic E-state index is 13.1. The molecule has 0 unspecified atom stereocenters. The fourth-order valence-corrected chi connectivity index (χ4v) is 4.02. The van der Waals surface area contributed by atoms with E-state index >= 15 is 0 Å². The third kappa shape index (κ3) is 8.57. The summed E-state index contributed by atoms with van der Waals surface area (Å²) in [6.45, 7) is 6.84. The smallest absolute Gasteiger partial charge is 0.242 e. The van der Waals surface area contributed by atoms with Crippen molar-refractivity contribution in [2.24, 2.45) is 5.92 Å². The molecule has 0 aromatic heterocycles. The first-order valence-corrected chi connectivity index (χ1v) is 12.3. The molecule has 0 spiro atoms. The van der Waals surface area contributed by atoms with E-state index in [2.05, 4.69) is 21.2 Å². The highest BCUT2D eigenvalue weighted by Gasteiger charge is 2.26. The first-order chi connectivity index (χ1) is 14.8. The molecule has 1 atom stereocenters. The summed E-state index contributed by atoms with van der Waals surface area (Å²) in [7, 11) is 1.62. The standard InChI is InChI=1S/C24H31BrN2O3S/c1-17(2)13-26-24(29)18(3)27(14-19-7-11-22(30-4)12-8-19)23(28)16-31-15-20-5-9-21(25)10-6-20/h5-12,17-18H,13-16H2,1-4H3,(H,26,29)/t18-/m0/s1.